The van der Waals surface area contributed by atoms with Crippen molar-refractivity contribution in [2.45, 2.75) is 99.2 Å². The molecule has 4 rings (SSSR count). The van der Waals surface area contributed by atoms with Gasteiger partial charge >= 0.3 is 0 Å². The minimum Gasteiger partial charge on any atom is -0.388 e. The molecule has 2 bridgehead atoms. The molecule has 0 unspecified atom stereocenters. The van der Waals surface area contributed by atoms with E-state index >= 15 is 0 Å². The molecule has 0 saturated carbocycles. The monoisotopic (exact) mass is 549 g/mol. The molecular formula is C25H44ClN3O6S. The predicted octanol–water partition coefficient (Wildman–Crippen LogP) is 0.540. The summed E-state index contributed by atoms with van der Waals surface area (Å²) in [6.07, 6.45) is 3.39. The van der Waals surface area contributed by atoms with Gasteiger partial charge in [0.15, 0.2) is 0 Å². The third-order valence-electron chi connectivity index (χ3n) is 7.83. The van der Waals surface area contributed by atoms with Crippen molar-refractivity contribution in [2.24, 2.45) is 23.5 Å². The van der Waals surface area contributed by atoms with Crippen LogP contribution < -0.4 is 16.4 Å². The fraction of sp³-hybridized carbons (Fsp3) is 0.880. The van der Waals surface area contributed by atoms with Crippen molar-refractivity contribution < 1.29 is 29.6 Å². The minimum absolute atomic E-state index is 0. The highest BCUT2D eigenvalue weighted by atomic mass is 35.5. The Kier molecular flexibility index (Phi) is 11.4. The lowest BCUT2D eigenvalue weighted by atomic mass is 9.85. The Balaban J connectivity index is 0.00000361. The molecule has 0 aromatic carbocycles. The molecular weight excluding hydrogens is 506 g/mol. The summed E-state index contributed by atoms with van der Waals surface area (Å²) in [6.45, 7) is 6.30. The van der Waals surface area contributed by atoms with E-state index in [1.807, 2.05) is 12.2 Å². The number of fused-ring (bicyclic) bond motifs is 3. The molecule has 11 atom stereocenters. The van der Waals surface area contributed by atoms with Crippen LogP contribution in [-0.4, -0.2) is 94.2 Å². The second-order valence-corrected chi connectivity index (χ2v) is 12.4. The molecule has 11 heteroatoms. The molecule has 0 aromatic heterocycles. The highest BCUT2D eigenvalue weighted by Crippen LogP contribution is 2.36. The quantitative estimate of drug-likeness (QED) is 0.270. The number of allylic oxidation sites excluding steroid dienone is 1. The number of hydrogen-bond acceptors (Lipinski definition) is 9. The first-order chi connectivity index (χ1) is 16.8. The first kappa shape index (κ1) is 30.1. The molecule has 0 spiro atoms. The number of thioether (sulfide) groups is 1. The average Bonchev–Trinajstić information content (AvgIpc) is 3.11. The van der Waals surface area contributed by atoms with Crippen molar-refractivity contribution in [3.05, 3.63) is 12.2 Å². The molecule has 3 saturated heterocycles. The van der Waals surface area contributed by atoms with Crippen molar-refractivity contribution >= 4 is 30.1 Å². The number of ether oxygens (including phenoxy) is 2. The van der Waals surface area contributed by atoms with E-state index in [0.29, 0.717) is 43.7 Å². The molecule has 1 amide bonds. The topological polar surface area (TPSA) is 146 Å². The number of nitrogens with one attached hydrogen (secondary N) is 2. The molecule has 0 radical (unpaired) electrons. The lowest BCUT2D eigenvalue weighted by molar-refractivity contribution is -0.205. The third-order valence-corrected chi connectivity index (χ3v) is 9.26. The number of nitrogens with two attached hydrogens (primary N) is 1. The number of halogens is 1. The fourth-order valence-electron chi connectivity index (χ4n) is 6.03. The summed E-state index contributed by atoms with van der Waals surface area (Å²) in [5.74, 6) is 1.37. The van der Waals surface area contributed by atoms with E-state index in [1.54, 1.807) is 0 Å². The van der Waals surface area contributed by atoms with E-state index in [-0.39, 0.29) is 29.7 Å². The summed E-state index contributed by atoms with van der Waals surface area (Å²) in [5.41, 5.74) is 5.13. The second-order valence-electron chi connectivity index (χ2n) is 11.0. The van der Waals surface area contributed by atoms with Crippen LogP contribution in [-0.2, 0) is 14.3 Å². The Labute approximate surface area is 224 Å². The van der Waals surface area contributed by atoms with Crippen LogP contribution in [0.4, 0.5) is 0 Å². The molecule has 0 aromatic rings. The molecule has 4 aliphatic heterocycles. The van der Waals surface area contributed by atoms with E-state index in [2.05, 4.69) is 24.5 Å². The van der Waals surface area contributed by atoms with Crippen molar-refractivity contribution in [3.8, 4) is 0 Å². The maximum Gasteiger partial charge on any atom is 0.240 e. The maximum atomic E-state index is 13.5. The number of carbonyl (C=O) groups is 1. The van der Waals surface area contributed by atoms with Crippen molar-refractivity contribution in [3.63, 3.8) is 0 Å². The fourth-order valence-corrected chi connectivity index (χ4v) is 7.25. The Hall–Kier alpha value is -0.430. The van der Waals surface area contributed by atoms with Gasteiger partial charge in [-0.3, -0.25) is 4.79 Å². The largest absolute Gasteiger partial charge is 0.388 e. The third kappa shape index (κ3) is 6.95. The van der Waals surface area contributed by atoms with Gasteiger partial charge in [-0.25, -0.2) is 0 Å². The van der Waals surface area contributed by atoms with Gasteiger partial charge in [-0.15, -0.1) is 24.2 Å². The molecule has 7 N–H and O–H groups in total. The van der Waals surface area contributed by atoms with Crippen LogP contribution in [0.25, 0.3) is 0 Å². The van der Waals surface area contributed by atoms with E-state index in [9.17, 15) is 20.1 Å². The number of amides is 1. The Bertz CT molecular complexity index is 749. The normalized spacial score (nSPS) is 43.2. The first-order valence-corrected chi connectivity index (χ1v) is 14.1. The van der Waals surface area contributed by atoms with Gasteiger partial charge in [-0.2, -0.15) is 0 Å². The average molecular weight is 550 g/mol. The smallest absolute Gasteiger partial charge is 0.240 e. The Morgan fingerprint density at radius 3 is 2.64 bits per heavy atom. The molecule has 4 aliphatic rings. The number of carbonyl (C=O) groups excluding carboxylic acids is 1. The molecule has 36 heavy (non-hydrogen) atoms. The zero-order valence-electron chi connectivity index (χ0n) is 21.2. The molecule has 3 fully saturated rings. The van der Waals surface area contributed by atoms with Gasteiger partial charge in [0.25, 0.3) is 0 Å². The van der Waals surface area contributed by atoms with Crippen LogP contribution in [0.5, 0.6) is 0 Å². The van der Waals surface area contributed by atoms with E-state index in [4.69, 9.17) is 15.2 Å². The Morgan fingerprint density at radius 2 is 1.92 bits per heavy atom. The SMILES string of the molecule is CC(C)C[C@@H]1CCO[C@@H]2[C@H](CN[C@@H]2C(=O)N[C@@H]2CC=CC[C@H](CN)S[C@H]3O[C@H]2[C@H](O)[C@H](O)[C@H]3O)C1.Cl. The zero-order valence-corrected chi connectivity index (χ0v) is 22.8. The summed E-state index contributed by atoms with van der Waals surface area (Å²) >= 11 is 1.36. The van der Waals surface area contributed by atoms with Gasteiger partial charge in [0, 0.05) is 24.9 Å². The van der Waals surface area contributed by atoms with Crippen LogP contribution >= 0.6 is 24.2 Å². The van der Waals surface area contributed by atoms with E-state index < -0.39 is 41.9 Å². The van der Waals surface area contributed by atoms with Gasteiger partial charge in [-0.05, 0) is 49.9 Å². The number of rotatable bonds is 5. The summed E-state index contributed by atoms with van der Waals surface area (Å²) in [7, 11) is 0. The van der Waals surface area contributed by atoms with E-state index in [1.165, 1.54) is 18.2 Å². The van der Waals surface area contributed by atoms with Crippen molar-refractivity contribution in [1.29, 1.82) is 0 Å². The van der Waals surface area contributed by atoms with Gasteiger partial charge in [0.2, 0.25) is 5.91 Å². The van der Waals surface area contributed by atoms with Crippen molar-refractivity contribution in [1.82, 2.24) is 10.6 Å². The molecule has 0 aliphatic carbocycles. The van der Waals surface area contributed by atoms with Crippen LogP contribution in [0.3, 0.4) is 0 Å². The van der Waals surface area contributed by atoms with E-state index in [0.717, 1.165) is 19.4 Å². The van der Waals surface area contributed by atoms with Gasteiger partial charge in [0.1, 0.15) is 35.9 Å². The van der Waals surface area contributed by atoms with Crippen LogP contribution in [0.2, 0.25) is 0 Å². The standard InChI is InChI=1S/C25H43N3O6S.ClH/c1-13(2)9-14-7-8-33-22-15(10-14)12-27-18(22)24(32)28-17-6-4-3-5-16(11-26)35-25-21(31)19(29)20(30)23(17)34-25;/h3-4,13-23,25,27,29-31H,5-12,26H2,1-2H3,(H,28,32);1H/t14-,15-,16+,17+,18-,19-,20+,21+,22+,23+,25+;/m0./s1. The highest BCUT2D eigenvalue weighted by Gasteiger charge is 2.49. The summed E-state index contributed by atoms with van der Waals surface area (Å²) in [6, 6.07) is -1.03. The lowest BCUT2D eigenvalue weighted by Gasteiger charge is -2.44. The van der Waals surface area contributed by atoms with Crippen LogP contribution in [0.1, 0.15) is 46.0 Å². The summed E-state index contributed by atoms with van der Waals surface area (Å²) in [4.78, 5) is 13.5. The number of aliphatic hydroxyl groups excluding tert-OH is 3. The van der Waals surface area contributed by atoms with Gasteiger partial charge in [0.05, 0.1) is 12.1 Å². The summed E-state index contributed by atoms with van der Waals surface area (Å²) in [5, 5.41) is 38.3. The number of hydrogen-bond donors (Lipinski definition) is 6. The van der Waals surface area contributed by atoms with Gasteiger partial charge < -0.3 is 41.2 Å². The molecule has 208 valence electrons. The first-order valence-electron chi connectivity index (χ1n) is 13.1. The van der Waals surface area contributed by atoms with Crippen molar-refractivity contribution in [2.75, 3.05) is 19.7 Å². The second kappa shape index (κ2) is 13.6. The highest BCUT2D eigenvalue weighted by molar-refractivity contribution is 8.00. The maximum absolute atomic E-state index is 13.5. The molecule has 4 heterocycles. The summed E-state index contributed by atoms with van der Waals surface area (Å²) < 4.78 is 12.3. The van der Waals surface area contributed by atoms with Crippen LogP contribution in [0, 0.1) is 17.8 Å². The number of aliphatic hydroxyl groups is 3. The zero-order chi connectivity index (χ0) is 25.1. The predicted molar refractivity (Wildman–Crippen MR) is 142 cm³/mol. The molecule has 9 nitrogen and oxygen atoms in total. The van der Waals surface area contributed by atoms with Gasteiger partial charge in [-0.1, -0.05) is 26.0 Å². The Morgan fingerprint density at radius 1 is 1.17 bits per heavy atom. The lowest BCUT2D eigenvalue weighted by Crippen LogP contribution is -2.64. The minimum atomic E-state index is -1.37. The van der Waals surface area contributed by atoms with Crippen LogP contribution in [0.15, 0.2) is 12.2 Å².